The van der Waals surface area contributed by atoms with E-state index in [-0.39, 0.29) is 18.1 Å². The number of carbonyl (C=O) groups excluding carboxylic acids is 2. The van der Waals surface area contributed by atoms with Crippen molar-refractivity contribution in [3.8, 4) is 11.5 Å². The van der Waals surface area contributed by atoms with Crippen molar-refractivity contribution in [3.05, 3.63) is 23.8 Å². The number of carbonyl (C=O) groups is 2. The van der Waals surface area contributed by atoms with Gasteiger partial charge in [0.15, 0.2) is 17.4 Å². The molecule has 0 saturated carbocycles. The molecule has 0 spiro atoms. The highest BCUT2D eigenvalue weighted by Gasteiger charge is 2.42. The monoisotopic (exact) mass is 391 g/mol. The molecule has 1 aromatic carbocycles. The molecule has 0 aliphatic carbocycles. The van der Waals surface area contributed by atoms with E-state index in [1.165, 1.54) is 6.07 Å². The Labute approximate surface area is 163 Å². The number of rotatable bonds is 5. The fourth-order valence-corrected chi connectivity index (χ4v) is 3.23. The third kappa shape index (κ3) is 4.19. The Kier molecular flexibility index (Phi) is 6.35. The maximum absolute atomic E-state index is 12.8. The average molecular weight is 391 g/mol. The number of aromatic hydroxyl groups is 1. The van der Waals surface area contributed by atoms with Crippen molar-refractivity contribution in [2.45, 2.75) is 19.9 Å². The van der Waals surface area contributed by atoms with Crippen LogP contribution in [0.2, 0.25) is 0 Å². The Balaban J connectivity index is 2.00. The Hall–Kier alpha value is -2.81. The number of phenolic OH excluding ortho intramolecular Hbond substituents is 1. The van der Waals surface area contributed by atoms with Gasteiger partial charge in [-0.15, -0.1) is 0 Å². The Morgan fingerprint density at radius 3 is 2.75 bits per heavy atom. The first-order chi connectivity index (χ1) is 13.5. The maximum atomic E-state index is 12.8. The second-order valence-electron chi connectivity index (χ2n) is 6.38. The smallest absolute Gasteiger partial charge is 0.321 e. The van der Waals surface area contributed by atoms with Crippen molar-refractivity contribution in [3.63, 3.8) is 0 Å². The Morgan fingerprint density at radius 1 is 1.32 bits per heavy atom. The number of aliphatic imine (C=N–C) groups is 1. The number of phenols is 1. The third-order valence-electron chi connectivity index (χ3n) is 4.57. The van der Waals surface area contributed by atoms with E-state index in [2.05, 4.69) is 10.3 Å². The molecule has 0 unspecified atom stereocenters. The lowest BCUT2D eigenvalue weighted by molar-refractivity contribution is -0.153. The zero-order valence-electron chi connectivity index (χ0n) is 16.0. The van der Waals surface area contributed by atoms with E-state index in [1.807, 2.05) is 4.90 Å². The molecule has 0 aromatic heterocycles. The van der Waals surface area contributed by atoms with E-state index in [0.29, 0.717) is 44.4 Å². The zero-order chi connectivity index (χ0) is 20.1. The SMILES string of the molecule is CCOC(=O)[C@H]1C(=O)NC(N2CCOCC2)=N[C@H]1c1ccc(O)c(OCC)c1. The predicted octanol–water partition coefficient (Wildman–Crippen LogP) is 0.829. The van der Waals surface area contributed by atoms with Gasteiger partial charge in [0.05, 0.1) is 26.4 Å². The number of benzene rings is 1. The molecule has 1 saturated heterocycles. The van der Waals surface area contributed by atoms with Crippen LogP contribution in [0.5, 0.6) is 11.5 Å². The normalized spacial score (nSPS) is 22.3. The molecule has 0 radical (unpaired) electrons. The van der Waals surface area contributed by atoms with Crippen LogP contribution >= 0.6 is 0 Å². The Morgan fingerprint density at radius 2 is 2.07 bits per heavy atom. The molecule has 2 aliphatic rings. The topological polar surface area (TPSA) is 110 Å². The molecule has 1 fully saturated rings. The number of hydrogen-bond acceptors (Lipinski definition) is 8. The number of morpholine rings is 1. The van der Waals surface area contributed by atoms with Gasteiger partial charge in [0.25, 0.3) is 0 Å². The molecule has 0 bridgehead atoms. The molecule has 28 heavy (non-hydrogen) atoms. The minimum absolute atomic E-state index is 0.0177. The van der Waals surface area contributed by atoms with Gasteiger partial charge in [-0.3, -0.25) is 14.9 Å². The summed E-state index contributed by atoms with van der Waals surface area (Å²) in [6.07, 6.45) is 0. The lowest BCUT2D eigenvalue weighted by atomic mass is 9.91. The largest absolute Gasteiger partial charge is 0.504 e. The van der Waals surface area contributed by atoms with Crippen molar-refractivity contribution >= 4 is 17.8 Å². The van der Waals surface area contributed by atoms with Crippen molar-refractivity contribution < 1.29 is 28.9 Å². The summed E-state index contributed by atoms with van der Waals surface area (Å²) in [5.74, 6) is -1.56. The Bertz CT molecular complexity index is 760. The summed E-state index contributed by atoms with van der Waals surface area (Å²) in [4.78, 5) is 31.9. The molecule has 2 atom stereocenters. The molecule has 1 amide bonds. The lowest BCUT2D eigenvalue weighted by Crippen LogP contribution is -2.55. The molecular formula is C19H25N3O6. The minimum atomic E-state index is -1.12. The summed E-state index contributed by atoms with van der Waals surface area (Å²) < 4.78 is 15.9. The van der Waals surface area contributed by atoms with Crippen LogP contribution in [0.15, 0.2) is 23.2 Å². The van der Waals surface area contributed by atoms with Crippen LogP contribution in [-0.4, -0.2) is 67.4 Å². The number of amides is 1. The molecular weight excluding hydrogens is 366 g/mol. The minimum Gasteiger partial charge on any atom is -0.504 e. The fourth-order valence-electron chi connectivity index (χ4n) is 3.23. The van der Waals surface area contributed by atoms with E-state index >= 15 is 0 Å². The number of ether oxygens (including phenoxy) is 3. The van der Waals surface area contributed by atoms with E-state index in [4.69, 9.17) is 14.2 Å². The number of hydrogen-bond donors (Lipinski definition) is 2. The highest BCUT2D eigenvalue weighted by Crippen LogP contribution is 2.36. The molecule has 1 aromatic rings. The van der Waals surface area contributed by atoms with Gasteiger partial charge >= 0.3 is 5.97 Å². The maximum Gasteiger partial charge on any atom is 0.321 e. The molecule has 2 aliphatic heterocycles. The summed E-state index contributed by atoms with van der Waals surface area (Å²) in [5.41, 5.74) is 0.583. The van der Waals surface area contributed by atoms with E-state index in [0.717, 1.165) is 0 Å². The van der Waals surface area contributed by atoms with Crippen molar-refractivity contribution in [2.75, 3.05) is 39.5 Å². The zero-order valence-corrected chi connectivity index (χ0v) is 16.0. The average Bonchev–Trinajstić information content (AvgIpc) is 2.70. The van der Waals surface area contributed by atoms with Gasteiger partial charge in [0.1, 0.15) is 6.04 Å². The van der Waals surface area contributed by atoms with Gasteiger partial charge in [-0.1, -0.05) is 6.07 Å². The van der Waals surface area contributed by atoms with Crippen molar-refractivity contribution in [1.29, 1.82) is 0 Å². The van der Waals surface area contributed by atoms with Gasteiger partial charge in [-0.05, 0) is 31.5 Å². The van der Waals surface area contributed by atoms with Crippen LogP contribution in [-0.2, 0) is 19.1 Å². The predicted molar refractivity (Wildman–Crippen MR) is 100 cm³/mol. The van der Waals surface area contributed by atoms with E-state index in [9.17, 15) is 14.7 Å². The molecule has 9 heteroatoms. The summed E-state index contributed by atoms with van der Waals surface area (Å²) in [6.45, 7) is 6.27. The number of guanidine groups is 1. The van der Waals surface area contributed by atoms with Gasteiger partial charge < -0.3 is 24.2 Å². The second kappa shape index (κ2) is 8.92. The van der Waals surface area contributed by atoms with Crippen LogP contribution in [0, 0.1) is 5.92 Å². The second-order valence-corrected chi connectivity index (χ2v) is 6.38. The van der Waals surface area contributed by atoms with Gasteiger partial charge in [-0.2, -0.15) is 0 Å². The first-order valence-corrected chi connectivity index (χ1v) is 9.38. The quantitative estimate of drug-likeness (QED) is 0.565. The van der Waals surface area contributed by atoms with E-state index < -0.39 is 23.8 Å². The van der Waals surface area contributed by atoms with Gasteiger partial charge in [-0.25, -0.2) is 4.99 Å². The molecule has 9 nitrogen and oxygen atoms in total. The van der Waals surface area contributed by atoms with Crippen LogP contribution < -0.4 is 10.1 Å². The molecule has 2 heterocycles. The van der Waals surface area contributed by atoms with Crippen molar-refractivity contribution in [2.24, 2.45) is 10.9 Å². The standard InChI is InChI=1S/C19H25N3O6/c1-3-27-14-11-12(5-6-13(14)23)16-15(18(25)28-4-2)17(24)21-19(20-16)22-7-9-26-10-8-22/h5-6,11,15-16,23H,3-4,7-10H2,1-2H3,(H,20,21,24)/t15-,16+/m1/s1. The first-order valence-electron chi connectivity index (χ1n) is 9.38. The van der Waals surface area contributed by atoms with Gasteiger partial charge in [0, 0.05) is 13.1 Å². The van der Waals surface area contributed by atoms with E-state index in [1.54, 1.807) is 26.0 Å². The number of nitrogens with one attached hydrogen (secondary N) is 1. The van der Waals surface area contributed by atoms with Crippen LogP contribution in [0.1, 0.15) is 25.5 Å². The highest BCUT2D eigenvalue weighted by molar-refractivity contribution is 6.08. The summed E-state index contributed by atoms with van der Waals surface area (Å²) >= 11 is 0. The molecule has 3 rings (SSSR count). The molecule has 152 valence electrons. The summed E-state index contributed by atoms with van der Waals surface area (Å²) in [5, 5.41) is 12.7. The first kappa shape index (κ1) is 19.9. The number of esters is 1. The highest BCUT2D eigenvalue weighted by atomic mass is 16.5. The van der Waals surface area contributed by atoms with Crippen molar-refractivity contribution in [1.82, 2.24) is 10.2 Å². The van der Waals surface area contributed by atoms with Crippen LogP contribution in [0.25, 0.3) is 0 Å². The van der Waals surface area contributed by atoms with Crippen LogP contribution in [0.4, 0.5) is 0 Å². The lowest BCUT2D eigenvalue weighted by Gasteiger charge is -2.35. The summed E-state index contributed by atoms with van der Waals surface area (Å²) in [6, 6.07) is 3.92. The van der Waals surface area contributed by atoms with Gasteiger partial charge in [0.2, 0.25) is 11.9 Å². The van der Waals surface area contributed by atoms with Crippen LogP contribution in [0.3, 0.4) is 0 Å². The number of nitrogens with zero attached hydrogens (tertiary/aromatic N) is 2. The third-order valence-corrected chi connectivity index (χ3v) is 4.57. The molecule has 2 N–H and O–H groups in total. The fraction of sp³-hybridized carbons (Fsp3) is 0.526. The summed E-state index contributed by atoms with van der Waals surface area (Å²) in [7, 11) is 0.